The number of anilines is 1. The SMILES string of the molecule is CCNC1CCC(N(C)c2nc(C)cc(C(C)C)n2)CC1. The van der Waals surface area contributed by atoms with E-state index in [4.69, 9.17) is 4.98 Å². The van der Waals surface area contributed by atoms with Gasteiger partial charge >= 0.3 is 0 Å². The van der Waals surface area contributed by atoms with Gasteiger partial charge in [-0.2, -0.15) is 0 Å². The summed E-state index contributed by atoms with van der Waals surface area (Å²) in [5.41, 5.74) is 2.21. The van der Waals surface area contributed by atoms with Crippen LogP contribution in [0, 0.1) is 6.92 Å². The largest absolute Gasteiger partial charge is 0.341 e. The highest BCUT2D eigenvalue weighted by atomic mass is 15.3. The molecule has 1 heterocycles. The summed E-state index contributed by atoms with van der Waals surface area (Å²) in [7, 11) is 2.15. The second kappa shape index (κ2) is 7.21. The molecule has 4 heteroatoms. The van der Waals surface area contributed by atoms with Crippen LogP contribution < -0.4 is 10.2 Å². The van der Waals surface area contributed by atoms with Crippen molar-refractivity contribution < 1.29 is 0 Å². The third-order valence-electron chi connectivity index (χ3n) is 4.51. The molecule has 1 aromatic heterocycles. The Kier molecular flexibility index (Phi) is 5.57. The van der Waals surface area contributed by atoms with Crippen molar-refractivity contribution in [3.8, 4) is 0 Å². The van der Waals surface area contributed by atoms with E-state index >= 15 is 0 Å². The maximum absolute atomic E-state index is 4.76. The van der Waals surface area contributed by atoms with E-state index in [0.29, 0.717) is 18.0 Å². The predicted molar refractivity (Wildman–Crippen MR) is 89.0 cm³/mol. The smallest absolute Gasteiger partial charge is 0.225 e. The lowest BCUT2D eigenvalue weighted by atomic mass is 9.90. The number of aryl methyl sites for hydroxylation is 1. The summed E-state index contributed by atoms with van der Waals surface area (Å²) in [6.45, 7) is 9.70. The Hall–Kier alpha value is -1.16. The minimum Gasteiger partial charge on any atom is -0.341 e. The Balaban J connectivity index is 2.05. The van der Waals surface area contributed by atoms with Gasteiger partial charge in [-0.15, -0.1) is 0 Å². The summed E-state index contributed by atoms with van der Waals surface area (Å²) in [6.07, 6.45) is 4.96. The molecule has 0 aromatic carbocycles. The zero-order chi connectivity index (χ0) is 15.4. The fraction of sp³-hybridized carbons (Fsp3) is 0.765. The second-order valence-electron chi connectivity index (χ2n) is 6.56. The van der Waals surface area contributed by atoms with Crippen molar-refractivity contribution in [2.24, 2.45) is 0 Å². The first-order valence-corrected chi connectivity index (χ1v) is 8.33. The monoisotopic (exact) mass is 290 g/mol. The van der Waals surface area contributed by atoms with Gasteiger partial charge in [0.15, 0.2) is 0 Å². The van der Waals surface area contributed by atoms with Crippen molar-refractivity contribution in [1.82, 2.24) is 15.3 Å². The number of nitrogens with zero attached hydrogens (tertiary/aromatic N) is 3. The van der Waals surface area contributed by atoms with E-state index in [9.17, 15) is 0 Å². The number of rotatable bonds is 5. The van der Waals surface area contributed by atoms with Crippen LogP contribution in [-0.2, 0) is 0 Å². The minimum atomic E-state index is 0.448. The molecule has 0 radical (unpaired) electrons. The molecule has 0 spiro atoms. The molecule has 1 aliphatic rings. The minimum absolute atomic E-state index is 0.448. The lowest BCUT2D eigenvalue weighted by Crippen LogP contribution is -2.41. The van der Waals surface area contributed by atoms with E-state index < -0.39 is 0 Å². The van der Waals surface area contributed by atoms with E-state index in [-0.39, 0.29) is 0 Å². The molecule has 0 bridgehead atoms. The molecule has 0 saturated heterocycles. The molecule has 0 aliphatic heterocycles. The summed E-state index contributed by atoms with van der Waals surface area (Å²) < 4.78 is 0. The lowest BCUT2D eigenvalue weighted by Gasteiger charge is -2.35. The van der Waals surface area contributed by atoms with Crippen LogP contribution in [0.1, 0.15) is 63.8 Å². The van der Waals surface area contributed by atoms with Gasteiger partial charge in [0.05, 0.1) is 0 Å². The molecule has 1 aromatic rings. The first-order valence-electron chi connectivity index (χ1n) is 8.33. The Bertz CT molecular complexity index is 450. The molecule has 118 valence electrons. The molecule has 0 unspecified atom stereocenters. The zero-order valence-electron chi connectivity index (χ0n) is 14.2. The molecule has 0 amide bonds. The average Bonchev–Trinajstić information content (AvgIpc) is 2.47. The molecule has 21 heavy (non-hydrogen) atoms. The Morgan fingerprint density at radius 3 is 2.48 bits per heavy atom. The van der Waals surface area contributed by atoms with Gasteiger partial charge in [0.2, 0.25) is 5.95 Å². The molecular formula is C17H30N4. The van der Waals surface area contributed by atoms with E-state index in [1.165, 1.54) is 25.7 Å². The highest BCUT2D eigenvalue weighted by molar-refractivity contribution is 5.33. The van der Waals surface area contributed by atoms with Crippen molar-refractivity contribution in [3.05, 3.63) is 17.5 Å². The maximum atomic E-state index is 4.76. The Labute approximate surface area is 129 Å². The number of nitrogens with one attached hydrogen (secondary N) is 1. The van der Waals surface area contributed by atoms with Gasteiger partial charge < -0.3 is 10.2 Å². The van der Waals surface area contributed by atoms with Crippen LogP contribution in [-0.4, -0.2) is 35.6 Å². The molecule has 1 aliphatic carbocycles. The van der Waals surface area contributed by atoms with E-state index in [2.05, 4.69) is 56.0 Å². The highest BCUT2D eigenvalue weighted by Gasteiger charge is 2.25. The van der Waals surface area contributed by atoms with Crippen LogP contribution >= 0.6 is 0 Å². The van der Waals surface area contributed by atoms with Crippen molar-refractivity contribution in [2.75, 3.05) is 18.5 Å². The van der Waals surface area contributed by atoms with Gasteiger partial charge in [0, 0.05) is 30.5 Å². The first-order chi connectivity index (χ1) is 10.0. The molecular weight excluding hydrogens is 260 g/mol. The molecule has 1 saturated carbocycles. The number of hydrogen-bond donors (Lipinski definition) is 1. The fourth-order valence-electron chi connectivity index (χ4n) is 3.15. The Morgan fingerprint density at radius 1 is 1.24 bits per heavy atom. The van der Waals surface area contributed by atoms with Gasteiger partial charge in [0.1, 0.15) is 0 Å². The maximum Gasteiger partial charge on any atom is 0.225 e. The molecule has 4 nitrogen and oxygen atoms in total. The summed E-state index contributed by atoms with van der Waals surface area (Å²) >= 11 is 0. The van der Waals surface area contributed by atoms with E-state index in [1.54, 1.807) is 0 Å². The van der Waals surface area contributed by atoms with Crippen LogP contribution in [0.5, 0.6) is 0 Å². The van der Waals surface area contributed by atoms with Crippen LogP contribution in [0.3, 0.4) is 0 Å². The Morgan fingerprint density at radius 2 is 1.90 bits per heavy atom. The lowest BCUT2D eigenvalue weighted by molar-refractivity contribution is 0.339. The van der Waals surface area contributed by atoms with Gasteiger partial charge in [-0.1, -0.05) is 20.8 Å². The third kappa shape index (κ3) is 4.16. The summed E-state index contributed by atoms with van der Waals surface area (Å²) in [5, 5.41) is 3.57. The zero-order valence-corrected chi connectivity index (χ0v) is 14.2. The standard InChI is InChI=1S/C17H30N4/c1-6-18-14-7-9-15(10-8-14)21(5)17-19-13(4)11-16(20-17)12(2)3/h11-12,14-15,18H,6-10H2,1-5H3. The van der Waals surface area contributed by atoms with E-state index in [0.717, 1.165) is 23.9 Å². The second-order valence-corrected chi connectivity index (χ2v) is 6.56. The normalized spacial score (nSPS) is 22.6. The molecule has 0 atom stereocenters. The van der Waals surface area contributed by atoms with Gasteiger partial charge in [-0.05, 0) is 51.1 Å². The topological polar surface area (TPSA) is 41.0 Å². The van der Waals surface area contributed by atoms with Crippen molar-refractivity contribution in [3.63, 3.8) is 0 Å². The first kappa shape index (κ1) is 16.2. The molecule has 1 N–H and O–H groups in total. The van der Waals surface area contributed by atoms with E-state index in [1.807, 2.05) is 0 Å². The van der Waals surface area contributed by atoms with Crippen LogP contribution in [0.15, 0.2) is 6.07 Å². The van der Waals surface area contributed by atoms with Crippen molar-refractivity contribution in [2.45, 2.75) is 71.4 Å². The van der Waals surface area contributed by atoms with Crippen molar-refractivity contribution >= 4 is 5.95 Å². The molecule has 1 fully saturated rings. The third-order valence-corrected chi connectivity index (χ3v) is 4.51. The van der Waals surface area contributed by atoms with Gasteiger partial charge in [-0.25, -0.2) is 9.97 Å². The summed E-state index contributed by atoms with van der Waals surface area (Å²) in [6, 6.07) is 3.37. The predicted octanol–water partition coefficient (Wildman–Crippen LogP) is 3.27. The average molecular weight is 290 g/mol. The highest BCUT2D eigenvalue weighted by Crippen LogP contribution is 2.25. The van der Waals surface area contributed by atoms with Crippen molar-refractivity contribution in [1.29, 1.82) is 0 Å². The fourth-order valence-corrected chi connectivity index (χ4v) is 3.15. The van der Waals surface area contributed by atoms with Crippen LogP contribution in [0.4, 0.5) is 5.95 Å². The summed E-state index contributed by atoms with van der Waals surface area (Å²) in [4.78, 5) is 11.7. The van der Waals surface area contributed by atoms with Crippen LogP contribution in [0.2, 0.25) is 0 Å². The number of aromatic nitrogens is 2. The quantitative estimate of drug-likeness (QED) is 0.903. The summed E-state index contributed by atoms with van der Waals surface area (Å²) in [5.74, 6) is 1.34. The molecule has 2 rings (SSSR count). The number of hydrogen-bond acceptors (Lipinski definition) is 4. The van der Waals surface area contributed by atoms with Gasteiger partial charge in [-0.3, -0.25) is 0 Å². The van der Waals surface area contributed by atoms with Crippen LogP contribution in [0.25, 0.3) is 0 Å². The van der Waals surface area contributed by atoms with Gasteiger partial charge in [0.25, 0.3) is 0 Å².